The number of carbonyl (C=O) groups is 1. The monoisotopic (exact) mass is 176 g/mol. The first-order valence-corrected chi connectivity index (χ1v) is 4.44. The Labute approximate surface area is 77.5 Å². The van der Waals surface area contributed by atoms with Gasteiger partial charge in [0.05, 0.1) is 12.5 Å². The number of benzene rings is 1. The van der Waals surface area contributed by atoms with Gasteiger partial charge in [0.15, 0.2) is 5.78 Å². The highest BCUT2D eigenvalue weighted by atomic mass is 16.5. The van der Waals surface area contributed by atoms with Gasteiger partial charge in [-0.1, -0.05) is 29.8 Å². The summed E-state index contributed by atoms with van der Waals surface area (Å²) in [6, 6.07) is 8.07. The lowest BCUT2D eigenvalue weighted by molar-refractivity contribution is -0.118. The van der Waals surface area contributed by atoms with Gasteiger partial charge in [-0.25, -0.2) is 0 Å². The molecule has 2 nitrogen and oxygen atoms in total. The molecule has 1 saturated heterocycles. The van der Waals surface area contributed by atoms with Crippen molar-refractivity contribution in [3.05, 3.63) is 35.4 Å². The average Bonchev–Trinajstić information content (AvgIpc) is 2.53. The zero-order chi connectivity index (χ0) is 9.26. The summed E-state index contributed by atoms with van der Waals surface area (Å²) in [7, 11) is 0. The molecule has 1 aromatic carbocycles. The van der Waals surface area contributed by atoms with Crippen LogP contribution in [0, 0.1) is 6.92 Å². The number of hydrogen-bond donors (Lipinski definition) is 0. The quantitative estimate of drug-likeness (QED) is 0.650. The Balaban J connectivity index is 2.25. The molecule has 1 aliphatic rings. The minimum absolute atomic E-state index is 0.0272. The molecule has 0 amide bonds. The van der Waals surface area contributed by atoms with Gasteiger partial charge in [-0.2, -0.15) is 0 Å². The van der Waals surface area contributed by atoms with Gasteiger partial charge < -0.3 is 4.74 Å². The standard InChI is InChI=1S/C11H12O2/c1-8-2-4-9(5-3-8)10-6-13-7-11(10)12/h2-5,10H,6-7H2,1H3/t10-/m0/s1. The summed E-state index contributed by atoms with van der Waals surface area (Å²) < 4.78 is 5.10. The van der Waals surface area contributed by atoms with E-state index in [0.29, 0.717) is 6.61 Å². The molecule has 0 spiro atoms. The fraction of sp³-hybridized carbons (Fsp3) is 0.364. The molecule has 0 aromatic heterocycles. The normalized spacial score (nSPS) is 22.2. The molecule has 68 valence electrons. The van der Waals surface area contributed by atoms with E-state index in [4.69, 9.17) is 4.74 Å². The molecule has 13 heavy (non-hydrogen) atoms. The molecule has 0 N–H and O–H groups in total. The fourth-order valence-corrected chi connectivity index (χ4v) is 1.55. The van der Waals surface area contributed by atoms with E-state index in [1.807, 2.05) is 31.2 Å². The van der Waals surface area contributed by atoms with Crippen LogP contribution in [0.1, 0.15) is 17.0 Å². The molecule has 2 rings (SSSR count). The van der Waals surface area contributed by atoms with Crippen LogP contribution in [0.15, 0.2) is 24.3 Å². The lowest BCUT2D eigenvalue weighted by Gasteiger charge is -2.06. The Morgan fingerprint density at radius 1 is 1.31 bits per heavy atom. The molecule has 1 atom stereocenters. The van der Waals surface area contributed by atoms with Gasteiger partial charge in [-0.15, -0.1) is 0 Å². The van der Waals surface area contributed by atoms with Crippen molar-refractivity contribution < 1.29 is 9.53 Å². The van der Waals surface area contributed by atoms with Gasteiger partial charge in [0.25, 0.3) is 0 Å². The van der Waals surface area contributed by atoms with Gasteiger partial charge in [-0.05, 0) is 12.5 Å². The van der Waals surface area contributed by atoms with Crippen LogP contribution in [0.3, 0.4) is 0 Å². The van der Waals surface area contributed by atoms with Gasteiger partial charge in [-0.3, -0.25) is 4.79 Å². The zero-order valence-corrected chi connectivity index (χ0v) is 7.62. The summed E-state index contributed by atoms with van der Waals surface area (Å²) in [5.74, 6) is 0.171. The predicted molar refractivity (Wildman–Crippen MR) is 49.7 cm³/mol. The third-order valence-electron chi connectivity index (χ3n) is 2.40. The molecule has 0 radical (unpaired) electrons. The fourth-order valence-electron chi connectivity index (χ4n) is 1.55. The molecular formula is C11H12O2. The summed E-state index contributed by atoms with van der Waals surface area (Å²) in [6.07, 6.45) is 0. The molecular weight excluding hydrogens is 164 g/mol. The highest BCUT2D eigenvalue weighted by molar-refractivity contribution is 5.88. The van der Waals surface area contributed by atoms with E-state index >= 15 is 0 Å². The van der Waals surface area contributed by atoms with E-state index in [1.54, 1.807) is 0 Å². The molecule has 0 unspecified atom stereocenters. The van der Waals surface area contributed by atoms with Crippen LogP contribution in [0.4, 0.5) is 0 Å². The van der Waals surface area contributed by atoms with Crippen molar-refractivity contribution in [1.29, 1.82) is 0 Å². The minimum atomic E-state index is -0.0272. The predicted octanol–water partition coefficient (Wildman–Crippen LogP) is 1.68. The Hall–Kier alpha value is -1.15. The van der Waals surface area contributed by atoms with Crippen LogP contribution in [0.5, 0.6) is 0 Å². The maximum absolute atomic E-state index is 11.3. The Bertz CT molecular complexity index is 313. The Kier molecular flexibility index (Phi) is 2.15. The smallest absolute Gasteiger partial charge is 0.168 e. The van der Waals surface area contributed by atoms with Crippen LogP contribution < -0.4 is 0 Å². The SMILES string of the molecule is Cc1ccc([C@@H]2COCC2=O)cc1. The summed E-state index contributed by atoms with van der Waals surface area (Å²) >= 11 is 0. The van der Waals surface area contributed by atoms with Crippen molar-refractivity contribution in [3.63, 3.8) is 0 Å². The van der Waals surface area contributed by atoms with E-state index in [-0.39, 0.29) is 18.3 Å². The van der Waals surface area contributed by atoms with E-state index in [2.05, 4.69) is 0 Å². The van der Waals surface area contributed by atoms with Gasteiger partial charge in [0.1, 0.15) is 6.61 Å². The number of carbonyl (C=O) groups excluding carboxylic acids is 1. The number of hydrogen-bond acceptors (Lipinski definition) is 2. The molecule has 1 aliphatic heterocycles. The molecule has 0 bridgehead atoms. The summed E-state index contributed by atoms with van der Waals surface area (Å²) in [5.41, 5.74) is 2.29. The van der Waals surface area contributed by atoms with Crippen LogP contribution >= 0.6 is 0 Å². The van der Waals surface area contributed by atoms with Gasteiger partial charge in [0.2, 0.25) is 0 Å². The van der Waals surface area contributed by atoms with E-state index in [0.717, 1.165) is 5.56 Å². The highest BCUT2D eigenvalue weighted by Gasteiger charge is 2.26. The summed E-state index contributed by atoms with van der Waals surface area (Å²) in [6.45, 7) is 2.86. The second-order valence-corrected chi connectivity index (χ2v) is 3.44. The van der Waals surface area contributed by atoms with Crippen molar-refractivity contribution in [2.75, 3.05) is 13.2 Å². The first kappa shape index (κ1) is 8.45. The topological polar surface area (TPSA) is 26.3 Å². The number of rotatable bonds is 1. The van der Waals surface area contributed by atoms with E-state index in [9.17, 15) is 4.79 Å². The molecule has 0 saturated carbocycles. The van der Waals surface area contributed by atoms with Crippen LogP contribution in [0.25, 0.3) is 0 Å². The molecule has 1 heterocycles. The van der Waals surface area contributed by atoms with Crippen LogP contribution in [-0.2, 0) is 9.53 Å². The Morgan fingerprint density at radius 2 is 2.00 bits per heavy atom. The second kappa shape index (κ2) is 3.30. The third kappa shape index (κ3) is 1.63. The van der Waals surface area contributed by atoms with Crippen molar-refractivity contribution in [2.45, 2.75) is 12.8 Å². The lowest BCUT2D eigenvalue weighted by atomic mass is 9.97. The van der Waals surface area contributed by atoms with Crippen molar-refractivity contribution in [1.82, 2.24) is 0 Å². The second-order valence-electron chi connectivity index (χ2n) is 3.44. The number of Topliss-reactive ketones (excluding diaryl/α,β-unsaturated/α-hetero) is 1. The van der Waals surface area contributed by atoms with Crippen molar-refractivity contribution in [3.8, 4) is 0 Å². The molecule has 2 heteroatoms. The highest BCUT2D eigenvalue weighted by Crippen LogP contribution is 2.22. The first-order valence-electron chi connectivity index (χ1n) is 4.44. The maximum atomic E-state index is 11.3. The number of ketones is 1. The van der Waals surface area contributed by atoms with E-state index < -0.39 is 0 Å². The number of ether oxygens (including phenoxy) is 1. The minimum Gasteiger partial charge on any atom is -0.373 e. The first-order chi connectivity index (χ1) is 6.27. The third-order valence-corrected chi connectivity index (χ3v) is 2.40. The summed E-state index contributed by atoms with van der Waals surface area (Å²) in [5, 5.41) is 0. The van der Waals surface area contributed by atoms with E-state index in [1.165, 1.54) is 5.56 Å². The number of aryl methyl sites for hydroxylation is 1. The molecule has 0 aliphatic carbocycles. The molecule has 1 aromatic rings. The molecule has 1 fully saturated rings. The Morgan fingerprint density at radius 3 is 2.54 bits per heavy atom. The average molecular weight is 176 g/mol. The van der Waals surface area contributed by atoms with Crippen molar-refractivity contribution >= 4 is 5.78 Å². The maximum Gasteiger partial charge on any atom is 0.168 e. The van der Waals surface area contributed by atoms with Crippen LogP contribution in [-0.4, -0.2) is 19.0 Å². The van der Waals surface area contributed by atoms with Gasteiger partial charge in [0, 0.05) is 0 Å². The van der Waals surface area contributed by atoms with Crippen LogP contribution in [0.2, 0.25) is 0 Å². The largest absolute Gasteiger partial charge is 0.373 e. The zero-order valence-electron chi connectivity index (χ0n) is 7.62. The van der Waals surface area contributed by atoms with Gasteiger partial charge >= 0.3 is 0 Å². The lowest BCUT2D eigenvalue weighted by Crippen LogP contribution is -2.08. The van der Waals surface area contributed by atoms with Crippen molar-refractivity contribution in [2.24, 2.45) is 0 Å². The summed E-state index contributed by atoms with van der Waals surface area (Å²) in [4.78, 5) is 11.3.